The second kappa shape index (κ2) is 7.17. The minimum Gasteiger partial charge on any atom is -0.472 e. The van der Waals surface area contributed by atoms with Crippen LogP contribution in [0.25, 0.3) is 10.8 Å². The fourth-order valence-corrected chi connectivity index (χ4v) is 4.73. The molecule has 0 aliphatic carbocycles. The van der Waals surface area contributed by atoms with E-state index in [1.165, 1.54) is 12.5 Å². The lowest BCUT2D eigenvalue weighted by Crippen LogP contribution is -2.46. The van der Waals surface area contributed by atoms with Crippen molar-refractivity contribution in [2.45, 2.75) is 23.8 Å². The van der Waals surface area contributed by atoms with Crippen LogP contribution in [-0.2, 0) is 10.0 Å². The van der Waals surface area contributed by atoms with E-state index < -0.39 is 10.0 Å². The molecule has 2 aromatic carbocycles. The van der Waals surface area contributed by atoms with E-state index in [9.17, 15) is 13.2 Å². The Bertz CT molecular complexity index is 1050. The second-order valence-corrected chi connectivity index (χ2v) is 8.42. The Balaban J connectivity index is 1.42. The van der Waals surface area contributed by atoms with E-state index in [1.807, 2.05) is 30.3 Å². The fraction of sp³-hybridized carbons (Fsp3) is 0.250. The first-order chi connectivity index (χ1) is 13.0. The number of rotatable bonds is 4. The maximum atomic E-state index is 12.7. The van der Waals surface area contributed by atoms with E-state index in [0.29, 0.717) is 31.5 Å². The zero-order valence-electron chi connectivity index (χ0n) is 14.7. The number of fused-ring (bicyclic) bond motifs is 1. The summed E-state index contributed by atoms with van der Waals surface area (Å²) in [5, 5.41) is 1.89. The summed E-state index contributed by atoms with van der Waals surface area (Å²) in [6.07, 6.45) is 4.06. The molecule has 7 heteroatoms. The third-order valence-electron chi connectivity index (χ3n) is 4.90. The number of carbonyl (C=O) groups excluding carboxylic acids is 1. The highest BCUT2D eigenvalue weighted by molar-refractivity contribution is 7.89. The molecule has 0 atom stereocenters. The van der Waals surface area contributed by atoms with Gasteiger partial charge in [-0.25, -0.2) is 13.1 Å². The van der Waals surface area contributed by atoms with Crippen molar-refractivity contribution in [1.82, 2.24) is 9.62 Å². The number of furan rings is 1. The van der Waals surface area contributed by atoms with Crippen LogP contribution >= 0.6 is 0 Å². The van der Waals surface area contributed by atoms with Crippen LogP contribution in [0.1, 0.15) is 23.2 Å². The standard InChI is InChI=1S/C20H20N2O4S/c23-20(17-9-12-26-14-17)22-10-7-18(8-11-22)21-27(24,25)19-6-5-15-3-1-2-4-16(15)13-19/h1-6,9,12-14,18,21H,7-8,10-11H2. The number of carbonyl (C=O) groups is 1. The molecule has 0 unspecified atom stereocenters. The van der Waals surface area contributed by atoms with Gasteiger partial charge in [0.25, 0.3) is 5.91 Å². The Morgan fingerprint density at radius 3 is 2.48 bits per heavy atom. The second-order valence-electron chi connectivity index (χ2n) is 6.71. The molecule has 6 nitrogen and oxygen atoms in total. The Hall–Kier alpha value is -2.64. The lowest BCUT2D eigenvalue weighted by Gasteiger charge is -2.32. The van der Waals surface area contributed by atoms with Crippen LogP contribution < -0.4 is 4.72 Å². The van der Waals surface area contributed by atoms with E-state index in [0.717, 1.165) is 10.8 Å². The predicted octanol–water partition coefficient (Wildman–Crippen LogP) is 3.02. The number of likely N-dealkylation sites (tertiary alicyclic amines) is 1. The highest BCUT2D eigenvalue weighted by atomic mass is 32.2. The minimum atomic E-state index is -3.60. The maximum absolute atomic E-state index is 12.7. The highest BCUT2D eigenvalue weighted by Crippen LogP contribution is 2.21. The van der Waals surface area contributed by atoms with Crippen LogP contribution in [0.4, 0.5) is 0 Å². The number of nitrogens with zero attached hydrogens (tertiary/aromatic N) is 1. The van der Waals surface area contributed by atoms with Gasteiger partial charge in [0.2, 0.25) is 10.0 Å². The first-order valence-corrected chi connectivity index (χ1v) is 10.3. The lowest BCUT2D eigenvalue weighted by molar-refractivity contribution is 0.0710. The lowest BCUT2D eigenvalue weighted by atomic mass is 10.1. The number of sulfonamides is 1. The van der Waals surface area contributed by atoms with Crippen molar-refractivity contribution < 1.29 is 17.6 Å². The first kappa shape index (κ1) is 17.8. The molecular weight excluding hydrogens is 364 g/mol. The largest absolute Gasteiger partial charge is 0.472 e. The van der Waals surface area contributed by atoms with Gasteiger partial charge in [0.1, 0.15) is 6.26 Å². The molecule has 1 fully saturated rings. The van der Waals surface area contributed by atoms with Crippen molar-refractivity contribution in [1.29, 1.82) is 0 Å². The molecule has 1 aliphatic rings. The summed E-state index contributed by atoms with van der Waals surface area (Å²) in [5.74, 6) is -0.0837. The van der Waals surface area contributed by atoms with Crippen LogP contribution in [0.15, 0.2) is 70.4 Å². The van der Waals surface area contributed by atoms with Gasteiger partial charge in [-0.2, -0.15) is 0 Å². The molecule has 1 saturated heterocycles. The Labute approximate surface area is 157 Å². The third-order valence-corrected chi connectivity index (χ3v) is 6.42. The molecule has 2 heterocycles. The first-order valence-electron chi connectivity index (χ1n) is 8.85. The van der Waals surface area contributed by atoms with E-state index >= 15 is 0 Å². The Kier molecular flexibility index (Phi) is 4.72. The number of hydrogen-bond acceptors (Lipinski definition) is 4. The predicted molar refractivity (Wildman–Crippen MR) is 102 cm³/mol. The molecule has 4 rings (SSSR count). The van der Waals surface area contributed by atoms with Crippen molar-refractivity contribution in [3.8, 4) is 0 Å². The molecule has 0 spiro atoms. The zero-order valence-corrected chi connectivity index (χ0v) is 15.5. The quantitative estimate of drug-likeness (QED) is 0.750. The monoisotopic (exact) mass is 384 g/mol. The van der Waals surface area contributed by atoms with Crippen LogP contribution in [0, 0.1) is 0 Å². The van der Waals surface area contributed by atoms with Gasteiger partial charge < -0.3 is 9.32 Å². The van der Waals surface area contributed by atoms with Crippen molar-refractivity contribution in [2.75, 3.05) is 13.1 Å². The SMILES string of the molecule is O=C(c1ccoc1)N1CCC(NS(=O)(=O)c2ccc3ccccc3c2)CC1. The number of nitrogens with one attached hydrogen (secondary N) is 1. The topological polar surface area (TPSA) is 79.6 Å². The average Bonchev–Trinajstić information content (AvgIpc) is 3.22. The molecule has 1 aromatic heterocycles. The highest BCUT2D eigenvalue weighted by Gasteiger charge is 2.27. The van der Waals surface area contributed by atoms with Crippen molar-refractivity contribution in [3.63, 3.8) is 0 Å². The van der Waals surface area contributed by atoms with E-state index in [4.69, 9.17) is 4.42 Å². The average molecular weight is 384 g/mol. The summed E-state index contributed by atoms with van der Waals surface area (Å²) in [6, 6.07) is 14.2. The molecule has 1 N–H and O–H groups in total. The van der Waals surface area contributed by atoms with Crippen molar-refractivity contribution in [2.24, 2.45) is 0 Å². The van der Waals surface area contributed by atoms with E-state index in [-0.39, 0.29) is 16.8 Å². The summed E-state index contributed by atoms with van der Waals surface area (Å²) in [5.41, 5.74) is 0.519. The number of amides is 1. The van der Waals surface area contributed by atoms with Gasteiger partial charge in [0.05, 0.1) is 16.7 Å². The zero-order chi connectivity index (χ0) is 18.9. The molecule has 1 aliphatic heterocycles. The van der Waals surface area contributed by atoms with Gasteiger partial charge in [-0.15, -0.1) is 0 Å². The smallest absolute Gasteiger partial charge is 0.257 e. The number of benzene rings is 2. The van der Waals surface area contributed by atoms with Crippen LogP contribution in [-0.4, -0.2) is 38.4 Å². The molecule has 140 valence electrons. The maximum Gasteiger partial charge on any atom is 0.257 e. The molecule has 0 saturated carbocycles. The molecule has 1 amide bonds. The summed E-state index contributed by atoms with van der Waals surface area (Å²) < 4.78 is 33.2. The van der Waals surface area contributed by atoms with Gasteiger partial charge in [0.15, 0.2) is 0 Å². The van der Waals surface area contributed by atoms with Gasteiger partial charge >= 0.3 is 0 Å². The fourth-order valence-electron chi connectivity index (χ4n) is 3.39. The molecule has 3 aromatic rings. The Morgan fingerprint density at radius 2 is 1.78 bits per heavy atom. The number of hydrogen-bond donors (Lipinski definition) is 1. The molecule has 27 heavy (non-hydrogen) atoms. The summed E-state index contributed by atoms with van der Waals surface area (Å²) in [7, 11) is -3.60. The normalized spacial score (nSPS) is 15.9. The molecule has 0 bridgehead atoms. The van der Waals surface area contributed by atoms with Gasteiger partial charge in [0, 0.05) is 19.1 Å². The van der Waals surface area contributed by atoms with Gasteiger partial charge in [-0.1, -0.05) is 30.3 Å². The third kappa shape index (κ3) is 3.74. The van der Waals surface area contributed by atoms with E-state index in [2.05, 4.69) is 4.72 Å². The van der Waals surface area contributed by atoms with Crippen LogP contribution in [0.2, 0.25) is 0 Å². The molecule has 0 radical (unpaired) electrons. The summed E-state index contributed by atoms with van der Waals surface area (Å²) in [6.45, 7) is 1.02. The molecular formula is C20H20N2O4S. The summed E-state index contributed by atoms with van der Waals surface area (Å²) in [4.78, 5) is 14.3. The van der Waals surface area contributed by atoms with Gasteiger partial charge in [-0.05, 0) is 41.8 Å². The van der Waals surface area contributed by atoms with Crippen LogP contribution in [0.3, 0.4) is 0 Å². The Morgan fingerprint density at radius 1 is 1.04 bits per heavy atom. The van der Waals surface area contributed by atoms with Crippen molar-refractivity contribution in [3.05, 3.63) is 66.6 Å². The van der Waals surface area contributed by atoms with E-state index in [1.54, 1.807) is 23.1 Å². The van der Waals surface area contributed by atoms with Gasteiger partial charge in [-0.3, -0.25) is 4.79 Å². The minimum absolute atomic E-state index is 0.0837. The van der Waals surface area contributed by atoms with Crippen molar-refractivity contribution >= 4 is 26.7 Å². The summed E-state index contributed by atoms with van der Waals surface area (Å²) >= 11 is 0. The van der Waals surface area contributed by atoms with Crippen LogP contribution in [0.5, 0.6) is 0 Å². The number of piperidine rings is 1.